The molecule has 4 heteroatoms. The van der Waals surface area contributed by atoms with Gasteiger partial charge in [0.05, 0.1) is 6.07 Å². The summed E-state index contributed by atoms with van der Waals surface area (Å²) in [7, 11) is 0. The molecule has 0 saturated carbocycles. The van der Waals surface area contributed by atoms with Crippen LogP contribution >= 0.6 is 0 Å². The van der Waals surface area contributed by atoms with Gasteiger partial charge in [0, 0.05) is 0 Å². The molecule has 0 bridgehead atoms. The topological polar surface area (TPSA) is 81.3 Å². The zero-order valence-corrected chi connectivity index (χ0v) is 10.6. The van der Waals surface area contributed by atoms with Gasteiger partial charge in [-0.1, -0.05) is 36.4 Å². The quantitative estimate of drug-likeness (QED) is 0.822. The second-order valence-corrected chi connectivity index (χ2v) is 4.47. The van der Waals surface area contributed by atoms with Crippen LogP contribution in [0, 0.1) is 17.2 Å². The van der Waals surface area contributed by atoms with Gasteiger partial charge in [-0.2, -0.15) is 5.26 Å². The zero-order chi connectivity index (χ0) is 14.6. The summed E-state index contributed by atoms with van der Waals surface area (Å²) in [6.07, 6.45) is 6.32. The smallest absolute Gasteiger partial charge is 0.192 e. The molecule has 0 fully saturated rings. The van der Waals surface area contributed by atoms with Gasteiger partial charge in [-0.05, 0) is 29.9 Å². The normalized spacial score (nSPS) is 25.2. The molecule has 2 rings (SSSR count). The minimum absolute atomic E-state index is 0.138. The van der Waals surface area contributed by atoms with Crippen molar-refractivity contribution in [3.05, 3.63) is 66.0 Å². The van der Waals surface area contributed by atoms with E-state index in [1.165, 1.54) is 12.2 Å². The lowest BCUT2D eigenvalue weighted by Crippen LogP contribution is -2.43. The minimum atomic E-state index is -1.94. The molecular formula is C16H13NO3. The van der Waals surface area contributed by atoms with E-state index in [2.05, 4.69) is 0 Å². The van der Waals surface area contributed by atoms with Gasteiger partial charge in [0.25, 0.3) is 0 Å². The van der Waals surface area contributed by atoms with E-state index < -0.39 is 17.3 Å². The number of aliphatic hydroxyl groups excluding tert-OH is 1. The summed E-state index contributed by atoms with van der Waals surface area (Å²) >= 11 is 0. The molecule has 0 aromatic heterocycles. The predicted octanol–water partition coefficient (Wildman–Crippen LogP) is 2.15. The highest BCUT2D eigenvalue weighted by Crippen LogP contribution is 2.27. The van der Waals surface area contributed by atoms with Crippen LogP contribution in [0.25, 0.3) is 6.08 Å². The maximum absolute atomic E-state index is 12.1. The number of hydrogen-bond donors (Lipinski definition) is 2. The van der Waals surface area contributed by atoms with Crippen molar-refractivity contribution in [1.29, 1.82) is 5.26 Å². The number of ketones is 1. The van der Waals surface area contributed by atoms with Crippen LogP contribution in [0.3, 0.4) is 0 Å². The van der Waals surface area contributed by atoms with Gasteiger partial charge in [-0.25, -0.2) is 0 Å². The first-order valence-electron chi connectivity index (χ1n) is 6.06. The van der Waals surface area contributed by atoms with E-state index in [4.69, 9.17) is 5.26 Å². The number of nitrogens with zero attached hydrogens (tertiary/aromatic N) is 1. The third kappa shape index (κ3) is 2.68. The highest BCUT2D eigenvalue weighted by atomic mass is 16.3. The SMILES string of the molecule is N#CC1C=C(O)C=CC1(O)C(=O)C=Cc1ccccc1. The Hall–Kier alpha value is -2.64. The highest BCUT2D eigenvalue weighted by Gasteiger charge is 2.41. The number of rotatable bonds is 3. The van der Waals surface area contributed by atoms with Crippen molar-refractivity contribution >= 4 is 11.9 Å². The van der Waals surface area contributed by atoms with Gasteiger partial charge < -0.3 is 10.2 Å². The van der Waals surface area contributed by atoms with Gasteiger partial charge in [0.15, 0.2) is 11.4 Å². The maximum Gasteiger partial charge on any atom is 0.192 e. The maximum atomic E-state index is 12.1. The number of carbonyl (C=O) groups excluding carboxylic acids is 1. The molecule has 0 spiro atoms. The summed E-state index contributed by atoms with van der Waals surface area (Å²) in [6, 6.07) is 11.0. The molecule has 0 amide bonds. The lowest BCUT2D eigenvalue weighted by atomic mass is 9.80. The van der Waals surface area contributed by atoms with Crippen LogP contribution in [-0.2, 0) is 4.79 Å². The third-order valence-electron chi connectivity index (χ3n) is 3.08. The molecule has 2 N–H and O–H groups in total. The number of hydrogen-bond acceptors (Lipinski definition) is 4. The molecule has 100 valence electrons. The summed E-state index contributed by atoms with van der Waals surface area (Å²) in [5.74, 6) is -1.85. The van der Waals surface area contributed by atoms with Crippen LogP contribution in [0.15, 0.2) is 60.4 Å². The zero-order valence-electron chi connectivity index (χ0n) is 10.6. The fourth-order valence-electron chi connectivity index (χ4n) is 1.91. The molecule has 0 radical (unpaired) electrons. The molecule has 0 saturated heterocycles. The lowest BCUT2D eigenvalue weighted by molar-refractivity contribution is -0.129. The number of aliphatic hydroxyl groups is 2. The second-order valence-electron chi connectivity index (χ2n) is 4.47. The molecular weight excluding hydrogens is 254 g/mol. The van der Waals surface area contributed by atoms with E-state index >= 15 is 0 Å². The van der Waals surface area contributed by atoms with Crippen molar-refractivity contribution in [3.8, 4) is 6.07 Å². The Morgan fingerprint density at radius 3 is 2.70 bits per heavy atom. The highest BCUT2D eigenvalue weighted by molar-refractivity contribution is 6.02. The van der Waals surface area contributed by atoms with Crippen molar-refractivity contribution in [2.75, 3.05) is 0 Å². The Bertz CT molecular complexity index is 637. The Kier molecular flexibility index (Phi) is 3.83. The van der Waals surface area contributed by atoms with Gasteiger partial charge in [0.2, 0.25) is 0 Å². The fraction of sp³-hybridized carbons (Fsp3) is 0.125. The van der Waals surface area contributed by atoms with Crippen LogP contribution in [0.5, 0.6) is 0 Å². The lowest BCUT2D eigenvalue weighted by Gasteiger charge is -2.27. The molecule has 1 aliphatic carbocycles. The van der Waals surface area contributed by atoms with E-state index in [0.717, 1.165) is 17.7 Å². The molecule has 2 atom stereocenters. The average molecular weight is 267 g/mol. The van der Waals surface area contributed by atoms with E-state index in [1.807, 2.05) is 36.4 Å². The number of nitriles is 1. The number of benzene rings is 1. The largest absolute Gasteiger partial charge is 0.508 e. The van der Waals surface area contributed by atoms with E-state index in [1.54, 1.807) is 6.08 Å². The van der Waals surface area contributed by atoms with Crippen molar-refractivity contribution in [2.45, 2.75) is 5.60 Å². The van der Waals surface area contributed by atoms with Gasteiger partial charge in [-0.15, -0.1) is 0 Å². The monoisotopic (exact) mass is 267 g/mol. The molecule has 2 unspecified atom stereocenters. The van der Waals surface area contributed by atoms with Crippen LogP contribution in [0.4, 0.5) is 0 Å². The van der Waals surface area contributed by atoms with E-state index in [9.17, 15) is 15.0 Å². The summed E-state index contributed by atoms with van der Waals surface area (Å²) in [5.41, 5.74) is -1.12. The molecule has 4 nitrogen and oxygen atoms in total. The first kappa shape index (κ1) is 13.8. The van der Waals surface area contributed by atoms with Crippen LogP contribution in [0.1, 0.15) is 5.56 Å². The Balaban J connectivity index is 2.23. The Labute approximate surface area is 116 Å². The van der Waals surface area contributed by atoms with Crippen LogP contribution in [0.2, 0.25) is 0 Å². The van der Waals surface area contributed by atoms with E-state index in [0.29, 0.717) is 0 Å². The predicted molar refractivity (Wildman–Crippen MR) is 74.4 cm³/mol. The Morgan fingerprint density at radius 1 is 1.35 bits per heavy atom. The minimum Gasteiger partial charge on any atom is -0.508 e. The molecule has 0 heterocycles. The fourth-order valence-corrected chi connectivity index (χ4v) is 1.91. The van der Waals surface area contributed by atoms with Crippen molar-refractivity contribution in [3.63, 3.8) is 0 Å². The third-order valence-corrected chi connectivity index (χ3v) is 3.08. The van der Waals surface area contributed by atoms with Crippen molar-refractivity contribution < 1.29 is 15.0 Å². The summed E-state index contributed by atoms with van der Waals surface area (Å²) in [4.78, 5) is 12.1. The average Bonchev–Trinajstić information content (AvgIpc) is 2.48. The van der Waals surface area contributed by atoms with Gasteiger partial charge in [0.1, 0.15) is 11.7 Å². The van der Waals surface area contributed by atoms with Crippen molar-refractivity contribution in [1.82, 2.24) is 0 Å². The van der Waals surface area contributed by atoms with Crippen LogP contribution in [-0.4, -0.2) is 21.6 Å². The number of carbonyl (C=O) groups is 1. The summed E-state index contributed by atoms with van der Waals surface area (Å²) < 4.78 is 0. The standard InChI is InChI=1S/C16H13NO3/c17-11-13-10-14(18)8-9-16(13,20)15(19)7-6-12-4-2-1-3-5-12/h1-10,13,18,20H. The van der Waals surface area contributed by atoms with Crippen molar-refractivity contribution in [2.24, 2.45) is 5.92 Å². The molecule has 1 aromatic carbocycles. The van der Waals surface area contributed by atoms with E-state index in [-0.39, 0.29) is 5.76 Å². The molecule has 1 aliphatic rings. The van der Waals surface area contributed by atoms with Gasteiger partial charge >= 0.3 is 0 Å². The molecule has 1 aromatic rings. The first-order chi connectivity index (χ1) is 9.56. The number of allylic oxidation sites excluding steroid dienone is 1. The Morgan fingerprint density at radius 2 is 2.05 bits per heavy atom. The first-order valence-corrected chi connectivity index (χ1v) is 6.06. The second kappa shape index (κ2) is 5.55. The van der Waals surface area contributed by atoms with Gasteiger partial charge in [-0.3, -0.25) is 4.79 Å². The molecule has 0 aliphatic heterocycles. The van der Waals surface area contributed by atoms with Crippen LogP contribution < -0.4 is 0 Å². The summed E-state index contributed by atoms with van der Waals surface area (Å²) in [5, 5.41) is 28.6. The molecule has 20 heavy (non-hydrogen) atoms. The summed E-state index contributed by atoms with van der Waals surface area (Å²) in [6.45, 7) is 0.